The second-order valence-electron chi connectivity index (χ2n) is 5.07. The predicted octanol–water partition coefficient (Wildman–Crippen LogP) is 2.00. The summed E-state index contributed by atoms with van der Waals surface area (Å²) >= 11 is 0. The minimum absolute atomic E-state index is 0.0238. The van der Waals surface area contributed by atoms with Crippen molar-refractivity contribution in [3.63, 3.8) is 0 Å². The van der Waals surface area contributed by atoms with Crippen molar-refractivity contribution in [2.75, 3.05) is 6.54 Å². The van der Waals surface area contributed by atoms with E-state index in [2.05, 4.69) is 0 Å². The first kappa shape index (κ1) is 13.6. The number of aliphatic carboxylic acids is 1. The Morgan fingerprint density at radius 2 is 2.00 bits per heavy atom. The van der Waals surface area contributed by atoms with E-state index in [4.69, 9.17) is 5.11 Å². The van der Waals surface area contributed by atoms with Crippen molar-refractivity contribution in [2.24, 2.45) is 0 Å². The molecule has 1 fully saturated rings. The van der Waals surface area contributed by atoms with Crippen LogP contribution in [0.4, 0.5) is 0 Å². The highest BCUT2D eigenvalue weighted by atomic mass is 16.4. The minimum Gasteiger partial charge on any atom is -0.481 e. The molecule has 1 saturated carbocycles. The summed E-state index contributed by atoms with van der Waals surface area (Å²) in [6.45, 7) is 2.31. The van der Waals surface area contributed by atoms with Gasteiger partial charge in [0.05, 0.1) is 12.8 Å². The zero-order valence-corrected chi connectivity index (χ0v) is 11.1. The van der Waals surface area contributed by atoms with Gasteiger partial charge in [0, 0.05) is 12.6 Å². The van der Waals surface area contributed by atoms with Crippen LogP contribution in [0.15, 0.2) is 24.3 Å². The van der Waals surface area contributed by atoms with Gasteiger partial charge in [0.2, 0.25) is 5.91 Å². The molecule has 0 aromatic heterocycles. The zero-order valence-electron chi connectivity index (χ0n) is 11.1. The Morgan fingerprint density at radius 1 is 1.32 bits per heavy atom. The highest BCUT2D eigenvalue weighted by Crippen LogP contribution is 2.27. The molecule has 0 aliphatic heterocycles. The minimum atomic E-state index is -0.852. The Labute approximate surface area is 113 Å². The highest BCUT2D eigenvalue weighted by molar-refractivity contribution is 5.80. The van der Waals surface area contributed by atoms with E-state index in [1.807, 2.05) is 31.2 Å². The normalized spacial score (nSPS) is 14.2. The van der Waals surface area contributed by atoms with E-state index in [1.165, 1.54) is 0 Å². The number of hydrogen-bond donors (Lipinski definition) is 1. The molecule has 1 aromatic carbocycles. The molecule has 0 spiro atoms. The molecule has 102 valence electrons. The summed E-state index contributed by atoms with van der Waals surface area (Å²) in [5, 5.41) is 8.74. The summed E-state index contributed by atoms with van der Waals surface area (Å²) < 4.78 is 0. The summed E-state index contributed by atoms with van der Waals surface area (Å²) in [5.41, 5.74) is 2.12. The Balaban J connectivity index is 1.99. The summed E-state index contributed by atoms with van der Waals surface area (Å²) in [4.78, 5) is 24.7. The smallest absolute Gasteiger partial charge is 0.305 e. The van der Waals surface area contributed by atoms with Crippen molar-refractivity contribution in [1.82, 2.24) is 4.90 Å². The van der Waals surface area contributed by atoms with E-state index in [-0.39, 0.29) is 18.4 Å². The van der Waals surface area contributed by atoms with Crippen LogP contribution in [0.1, 0.15) is 30.4 Å². The molecule has 1 aliphatic carbocycles. The van der Waals surface area contributed by atoms with Gasteiger partial charge in [-0.25, -0.2) is 0 Å². The second kappa shape index (κ2) is 5.87. The van der Waals surface area contributed by atoms with Gasteiger partial charge in [-0.15, -0.1) is 0 Å². The first-order valence-corrected chi connectivity index (χ1v) is 6.63. The molecule has 1 aromatic rings. The van der Waals surface area contributed by atoms with Crippen molar-refractivity contribution in [2.45, 2.75) is 38.6 Å². The third kappa shape index (κ3) is 3.81. The van der Waals surface area contributed by atoms with Gasteiger partial charge < -0.3 is 10.0 Å². The Morgan fingerprint density at radius 3 is 2.58 bits per heavy atom. The molecule has 1 N–H and O–H groups in total. The molecule has 0 heterocycles. The van der Waals surface area contributed by atoms with Crippen LogP contribution in [0.5, 0.6) is 0 Å². The monoisotopic (exact) mass is 261 g/mol. The summed E-state index contributed by atoms with van der Waals surface area (Å²) in [5.74, 6) is -0.813. The lowest BCUT2D eigenvalue weighted by Crippen LogP contribution is -2.36. The van der Waals surface area contributed by atoms with Crippen LogP contribution in [-0.2, 0) is 16.0 Å². The number of benzene rings is 1. The van der Waals surface area contributed by atoms with Gasteiger partial charge in [-0.1, -0.05) is 24.3 Å². The van der Waals surface area contributed by atoms with E-state index in [0.717, 1.165) is 24.0 Å². The molecule has 0 unspecified atom stereocenters. The van der Waals surface area contributed by atoms with Gasteiger partial charge in [-0.05, 0) is 30.9 Å². The molecule has 0 saturated heterocycles. The number of aryl methyl sites for hydroxylation is 1. The number of hydrogen-bond acceptors (Lipinski definition) is 2. The number of rotatable bonds is 6. The van der Waals surface area contributed by atoms with Crippen molar-refractivity contribution in [3.8, 4) is 0 Å². The molecular weight excluding hydrogens is 242 g/mol. The van der Waals surface area contributed by atoms with Crippen molar-refractivity contribution in [1.29, 1.82) is 0 Å². The summed E-state index contributed by atoms with van der Waals surface area (Å²) in [6.07, 6.45) is 2.39. The van der Waals surface area contributed by atoms with Gasteiger partial charge in [-0.2, -0.15) is 0 Å². The third-order valence-corrected chi connectivity index (χ3v) is 3.48. The fourth-order valence-corrected chi connectivity index (χ4v) is 2.19. The van der Waals surface area contributed by atoms with Crippen LogP contribution in [0.3, 0.4) is 0 Å². The highest BCUT2D eigenvalue weighted by Gasteiger charge is 2.32. The third-order valence-electron chi connectivity index (χ3n) is 3.48. The number of amides is 1. The van der Waals surface area contributed by atoms with Crippen LogP contribution in [-0.4, -0.2) is 34.5 Å². The fraction of sp³-hybridized carbons (Fsp3) is 0.467. The lowest BCUT2D eigenvalue weighted by atomic mass is 10.1. The number of carbonyl (C=O) groups is 2. The first-order valence-electron chi connectivity index (χ1n) is 6.63. The lowest BCUT2D eigenvalue weighted by molar-refractivity contribution is -0.138. The quantitative estimate of drug-likeness (QED) is 0.852. The lowest BCUT2D eigenvalue weighted by Gasteiger charge is -2.22. The van der Waals surface area contributed by atoms with Crippen LogP contribution in [0, 0.1) is 6.92 Å². The molecule has 1 amide bonds. The van der Waals surface area contributed by atoms with Crippen LogP contribution in [0.25, 0.3) is 0 Å². The SMILES string of the molecule is Cc1ccccc1CC(=O)N(CCC(=O)O)C1CC1. The van der Waals surface area contributed by atoms with Crippen LogP contribution < -0.4 is 0 Å². The number of carboxylic acid groups (broad SMARTS) is 1. The molecule has 0 bridgehead atoms. The van der Waals surface area contributed by atoms with Gasteiger partial charge in [0.15, 0.2) is 0 Å². The summed E-state index contributed by atoms with van der Waals surface area (Å²) in [6, 6.07) is 8.08. The van der Waals surface area contributed by atoms with Crippen LogP contribution >= 0.6 is 0 Å². The largest absolute Gasteiger partial charge is 0.481 e. The Bertz CT molecular complexity index is 480. The van der Waals surface area contributed by atoms with Crippen molar-refractivity contribution in [3.05, 3.63) is 35.4 Å². The number of nitrogens with zero attached hydrogens (tertiary/aromatic N) is 1. The molecule has 4 nitrogen and oxygen atoms in total. The second-order valence-corrected chi connectivity index (χ2v) is 5.07. The molecule has 0 atom stereocenters. The summed E-state index contributed by atoms with van der Waals surface area (Å²) in [7, 11) is 0. The maximum Gasteiger partial charge on any atom is 0.305 e. The number of carboxylic acids is 1. The average molecular weight is 261 g/mol. The molecular formula is C15H19NO3. The fourth-order valence-electron chi connectivity index (χ4n) is 2.19. The van der Waals surface area contributed by atoms with Crippen molar-refractivity contribution >= 4 is 11.9 Å². The Hall–Kier alpha value is -1.84. The van der Waals surface area contributed by atoms with E-state index in [9.17, 15) is 9.59 Å². The molecule has 4 heteroatoms. The Kier molecular flexibility index (Phi) is 4.20. The average Bonchev–Trinajstić information content (AvgIpc) is 3.16. The van der Waals surface area contributed by atoms with Crippen LogP contribution in [0.2, 0.25) is 0 Å². The maximum absolute atomic E-state index is 12.3. The van der Waals surface area contributed by atoms with E-state index in [0.29, 0.717) is 13.0 Å². The standard InChI is InChI=1S/C15H19NO3/c1-11-4-2-3-5-12(11)10-14(17)16(13-6-7-13)9-8-15(18)19/h2-5,13H,6-10H2,1H3,(H,18,19). The van der Waals surface area contributed by atoms with Crippen molar-refractivity contribution < 1.29 is 14.7 Å². The predicted molar refractivity (Wildman–Crippen MR) is 71.9 cm³/mol. The van der Waals surface area contributed by atoms with Gasteiger partial charge in [0.25, 0.3) is 0 Å². The van der Waals surface area contributed by atoms with E-state index >= 15 is 0 Å². The van der Waals surface area contributed by atoms with Gasteiger partial charge >= 0.3 is 5.97 Å². The molecule has 0 radical (unpaired) electrons. The first-order chi connectivity index (χ1) is 9.08. The van der Waals surface area contributed by atoms with E-state index in [1.54, 1.807) is 4.90 Å². The number of carbonyl (C=O) groups excluding carboxylic acids is 1. The molecule has 1 aliphatic rings. The topological polar surface area (TPSA) is 57.6 Å². The zero-order chi connectivity index (χ0) is 13.8. The molecule has 2 rings (SSSR count). The molecule has 19 heavy (non-hydrogen) atoms. The van der Waals surface area contributed by atoms with E-state index < -0.39 is 5.97 Å². The maximum atomic E-state index is 12.3. The van der Waals surface area contributed by atoms with Gasteiger partial charge in [0.1, 0.15) is 0 Å². The van der Waals surface area contributed by atoms with Gasteiger partial charge in [-0.3, -0.25) is 9.59 Å².